The molecule has 1 aromatic heterocycles. The normalized spacial score (nSPS) is 17.9. The molecule has 4 rings (SSSR count). The van der Waals surface area contributed by atoms with Crippen molar-refractivity contribution < 1.29 is 32.2 Å². The first-order valence-electron chi connectivity index (χ1n) is 11.9. The van der Waals surface area contributed by atoms with Crippen LogP contribution in [0.2, 0.25) is 5.02 Å². The largest absolute Gasteiger partial charge is 0.366 e. The predicted molar refractivity (Wildman–Crippen MR) is 134 cm³/mol. The Balaban J connectivity index is 1.43. The highest BCUT2D eigenvalue weighted by atomic mass is 35.5. The first-order valence-corrected chi connectivity index (χ1v) is 13.7. The van der Waals surface area contributed by atoms with Crippen LogP contribution >= 0.6 is 11.6 Å². The van der Waals surface area contributed by atoms with Crippen LogP contribution in [0.4, 0.5) is 4.39 Å². The Bertz CT molecular complexity index is 1280. The lowest BCUT2D eigenvalue weighted by Crippen LogP contribution is -2.52. The van der Waals surface area contributed by atoms with Gasteiger partial charge in [-0.2, -0.15) is 0 Å². The molecule has 0 spiro atoms. The number of carbonyl (C=O) groups excluding carboxylic acids is 2. The summed E-state index contributed by atoms with van der Waals surface area (Å²) in [6.07, 6.45) is 0.402. The quantitative estimate of drug-likeness (QED) is 0.404. The molecule has 2 heterocycles. The number of fused-ring (bicyclic) bond motifs is 1. The van der Waals surface area contributed by atoms with E-state index < -0.39 is 44.1 Å². The van der Waals surface area contributed by atoms with Crippen molar-refractivity contribution in [1.29, 1.82) is 0 Å². The van der Waals surface area contributed by atoms with Gasteiger partial charge in [-0.15, -0.1) is 0 Å². The summed E-state index contributed by atoms with van der Waals surface area (Å²) in [6.45, 7) is 2.18. The van der Waals surface area contributed by atoms with Gasteiger partial charge >= 0.3 is 0 Å². The van der Waals surface area contributed by atoms with Crippen molar-refractivity contribution in [3.05, 3.63) is 52.6 Å². The lowest BCUT2D eigenvalue weighted by Gasteiger charge is -2.35. The number of rotatable bonds is 11. The average Bonchev–Trinajstić information content (AvgIpc) is 3.53. The van der Waals surface area contributed by atoms with Crippen LogP contribution in [0.1, 0.15) is 53.4 Å². The minimum Gasteiger partial charge on any atom is -0.366 e. The fourth-order valence-corrected chi connectivity index (χ4v) is 6.94. The number of nitrogens with one attached hydrogen (secondary N) is 1. The number of hydrogen-bond donors (Lipinski definition) is 2. The van der Waals surface area contributed by atoms with E-state index in [1.54, 1.807) is 28.8 Å². The van der Waals surface area contributed by atoms with E-state index in [1.807, 2.05) is 0 Å². The van der Waals surface area contributed by atoms with E-state index in [0.717, 1.165) is 5.56 Å². The first-order chi connectivity index (χ1) is 17.4. The fourth-order valence-electron chi connectivity index (χ4n) is 4.46. The van der Waals surface area contributed by atoms with Crippen molar-refractivity contribution in [2.75, 3.05) is 26.4 Å². The summed E-state index contributed by atoms with van der Waals surface area (Å²) >= 11 is 5.89. The summed E-state index contributed by atoms with van der Waals surface area (Å²) in [6, 6.07) is 7.04. The highest BCUT2D eigenvalue weighted by Crippen LogP contribution is 2.49. The van der Waals surface area contributed by atoms with Crippen LogP contribution in [0.3, 0.4) is 0 Å². The van der Waals surface area contributed by atoms with Gasteiger partial charge in [-0.3, -0.25) is 9.59 Å². The molecule has 13 heteroatoms. The second kappa shape index (κ2) is 10.3. The van der Waals surface area contributed by atoms with Gasteiger partial charge in [-0.25, -0.2) is 17.8 Å². The van der Waals surface area contributed by atoms with Crippen molar-refractivity contribution >= 4 is 33.3 Å². The number of sulfone groups is 1. The van der Waals surface area contributed by atoms with Crippen molar-refractivity contribution in [3.8, 4) is 0 Å². The maximum Gasteiger partial charge on any atom is 0.287 e. The molecule has 1 saturated carbocycles. The Hall–Kier alpha value is -2.54. The molecular weight excluding hydrogens is 527 g/mol. The Morgan fingerprint density at radius 3 is 2.59 bits per heavy atom. The second-order valence-corrected chi connectivity index (χ2v) is 13.4. The maximum atomic E-state index is 13.5. The molecule has 0 radical (unpaired) electrons. The highest BCUT2D eigenvalue weighted by Gasteiger charge is 2.61. The molecule has 0 unspecified atom stereocenters. The van der Waals surface area contributed by atoms with E-state index in [1.165, 1.54) is 24.9 Å². The molecule has 2 aliphatic rings. The van der Waals surface area contributed by atoms with Gasteiger partial charge in [0.15, 0.2) is 22.0 Å². The summed E-state index contributed by atoms with van der Waals surface area (Å²) < 4.78 is 43.5. The standard InChI is InChI=1S/C24H30ClFN4O6S/c1-23(2,15-36-19(31)11-26)37(34,35)24(7-8-24)14-29-9-10-30-18(22(29)33)13-27-20(30)21(32)28-12-16-3-5-17(25)6-4-16/h3-6,13,19,31H,7-12,14-15H2,1-2H3,(H,28,32)/t19-/m0/s1. The number of halogens is 2. The Morgan fingerprint density at radius 2 is 1.97 bits per heavy atom. The summed E-state index contributed by atoms with van der Waals surface area (Å²) in [7, 11) is -3.82. The summed E-state index contributed by atoms with van der Waals surface area (Å²) in [5.74, 6) is -0.727. The van der Waals surface area contributed by atoms with Gasteiger partial charge < -0.3 is 24.6 Å². The van der Waals surface area contributed by atoms with E-state index in [0.29, 0.717) is 17.9 Å². The van der Waals surface area contributed by atoms with Crippen molar-refractivity contribution in [1.82, 2.24) is 19.8 Å². The van der Waals surface area contributed by atoms with Crippen molar-refractivity contribution in [2.24, 2.45) is 0 Å². The lowest BCUT2D eigenvalue weighted by molar-refractivity contribution is -0.114. The molecular formula is C24H30ClFN4O6S. The number of alkyl halides is 1. The van der Waals surface area contributed by atoms with Gasteiger partial charge in [0, 0.05) is 31.2 Å². The third kappa shape index (κ3) is 5.38. The van der Waals surface area contributed by atoms with E-state index in [2.05, 4.69) is 10.3 Å². The topological polar surface area (TPSA) is 131 Å². The van der Waals surface area contributed by atoms with E-state index in [9.17, 15) is 27.5 Å². The van der Waals surface area contributed by atoms with Crippen LogP contribution in [-0.2, 0) is 27.7 Å². The molecule has 1 aliphatic heterocycles. The number of aliphatic hydroxyl groups excluding tert-OH is 1. The number of nitrogens with zero attached hydrogens (tertiary/aromatic N) is 3. The SMILES string of the molecule is CC(C)(CO[C@H](O)CF)S(=O)(=O)C1(CN2CCn3c(cnc3C(=O)NCc3ccc(Cl)cc3)C2=O)CC1. The Morgan fingerprint density at radius 1 is 1.30 bits per heavy atom. The maximum absolute atomic E-state index is 13.5. The summed E-state index contributed by atoms with van der Waals surface area (Å²) in [4.78, 5) is 31.6. The zero-order valence-electron chi connectivity index (χ0n) is 20.6. The monoisotopic (exact) mass is 556 g/mol. The fraction of sp³-hybridized carbons (Fsp3) is 0.542. The molecule has 0 bridgehead atoms. The van der Waals surface area contributed by atoms with Crippen LogP contribution in [0.25, 0.3) is 0 Å². The molecule has 1 aromatic carbocycles. The molecule has 1 aliphatic carbocycles. The highest BCUT2D eigenvalue weighted by molar-refractivity contribution is 7.94. The zero-order chi connectivity index (χ0) is 27.0. The molecule has 1 atom stereocenters. The number of ether oxygens (including phenoxy) is 1. The van der Waals surface area contributed by atoms with Gasteiger partial charge in [-0.1, -0.05) is 23.7 Å². The molecule has 1 fully saturated rings. The lowest BCUT2D eigenvalue weighted by atomic mass is 10.2. The minimum absolute atomic E-state index is 0.00740. The van der Waals surface area contributed by atoms with E-state index in [4.69, 9.17) is 16.3 Å². The predicted octanol–water partition coefficient (Wildman–Crippen LogP) is 1.95. The van der Waals surface area contributed by atoms with E-state index in [-0.39, 0.29) is 44.3 Å². The molecule has 2 N–H and O–H groups in total. The molecule has 202 valence electrons. The van der Waals surface area contributed by atoms with E-state index >= 15 is 0 Å². The summed E-state index contributed by atoms with van der Waals surface area (Å²) in [5, 5.41) is 12.7. The van der Waals surface area contributed by atoms with Gasteiger partial charge in [-0.05, 0) is 44.4 Å². The average molecular weight is 557 g/mol. The Labute approximate surface area is 219 Å². The molecule has 2 amide bonds. The third-order valence-corrected chi connectivity index (χ3v) is 10.4. The van der Waals surface area contributed by atoms with Crippen LogP contribution < -0.4 is 5.32 Å². The van der Waals surface area contributed by atoms with Gasteiger partial charge in [0.25, 0.3) is 11.8 Å². The number of carbonyl (C=O) groups is 2. The van der Waals surface area contributed by atoms with Gasteiger partial charge in [0.1, 0.15) is 12.4 Å². The number of aliphatic hydroxyl groups is 1. The number of benzene rings is 1. The molecule has 2 aromatic rings. The van der Waals surface area contributed by atoms with Crippen LogP contribution in [-0.4, -0.2) is 81.9 Å². The molecule has 10 nitrogen and oxygen atoms in total. The Kier molecular flexibility index (Phi) is 7.67. The number of hydrogen-bond acceptors (Lipinski definition) is 7. The van der Waals surface area contributed by atoms with Crippen molar-refractivity contribution in [2.45, 2.75) is 55.6 Å². The second-order valence-electron chi connectivity index (χ2n) is 10.0. The van der Waals surface area contributed by atoms with Crippen LogP contribution in [0.5, 0.6) is 0 Å². The zero-order valence-corrected chi connectivity index (χ0v) is 22.2. The third-order valence-electron chi connectivity index (χ3n) is 6.86. The number of imidazole rings is 1. The first kappa shape index (κ1) is 27.5. The number of amides is 2. The molecule has 37 heavy (non-hydrogen) atoms. The van der Waals surface area contributed by atoms with Crippen molar-refractivity contribution in [3.63, 3.8) is 0 Å². The van der Waals surface area contributed by atoms with Gasteiger partial charge in [0.2, 0.25) is 0 Å². The number of aromatic nitrogens is 2. The molecule has 0 saturated heterocycles. The van der Waals surface area contributed by atoms with Crippen LogP contribution in [0.15, 0.2) is 30.5 Å². The smallest absolute Gasteiger partial charge is 0.287 e. The van der Waals surface area contributed by atoms with Gasteiger partial charge in [0.05, 0.1) is 22.3 Å². The minimum atomic E-state index is -3.82. The van der Waals surface area contributed by atoms with Crippen LogP contribution in [0, 0.1) is 0 Å². The summed E-state index contributed by atoms with van der Waals surface area (Å²) in [5.41, 5.74) is 1.07.